The number of methoxy groups -OCH3 is 2. The number of halogens is 6. The second-order valence-electron chi connectivity index (χ2n) is 10.2. The molecule has 3 N–H and O–H groups in total. The first-order valence-corrected chi connectivity index (χ1v) is 13.0. The SMILES string of the molecule is COc1ccc([C@]23CC[C@H](NC(=O)Nc4ccc(C#N)c(C(F)(F)F)c4)C[C@H]2N(C)CC3)cc1OC.O=C(O)C(F)(F)F. The van der Waals surface area contributed by atoms with Crippen molar-refractivity contribution < 1.29 is 50.5 Å². The number of alkyl halides is 6. The van der Waals surface area contributed by atoms with E-state index in [9.17, 15) is 31.1 Å². The third-order valence-electron chi connectivity index (χ3n) is 7.77. The van der Waals surface area contributed by atoms with Gasteiger partial charge in [-0.1, -0.05) is 6.07 Å². The molecule has 0 aromatic heterocycles. The van der Waals surface area contributed by atoms with Gasteiger partial charge in [0, 0.05) is 23.2 Å². The highest BCUT2D eigenvalue weighted by atomic mass is 19.4. The standard InChI is InChI=1S/C26H29F3N4O3.C2HF3O2/c1-33-11-10-25(17-5-7-21(35-2)22(12-17)36-3)9-8-19(14-23(25)33)32-24(34)31-18-6-4-16(15-30)20(13-18)26(27,28)29;3-2(4,5)1(6)7/h4-7,12-13,19,23H,8-11,14H2,1-3H3,(H2,31,32,34);(H,6,7)/t19-,23+,25+;/m0./s1. The largest absolute Gasteiger partial charge is 0.493 e. The van der Waals surface area contributed by atoms with Gasteiger partial charge >= 0.3 is 24.4 Å². The number of carboxylic acid groups (broad SMARTS) is 1. The molecule has 234 valence electrons. The van der Waals surface area contributed by atoms with Crippen molar-refractivity contribution in [3.8, 4) is 17.6 Å². The number of carboxylic acids is 1. The monoisotopic (exact) mass is 616 g/mol. The van der Waals surface area contributed by atoms with Gasteiger partial charge in [-0.15, -0.1) is 0 Å². The minimum absolute atomic E-state index is 0.0210. The zero-order valence-electron chi connectivity index (χ0n) is 23.4. The maximum atomic E-state index is 13.3. The summed E-state index contributed by atoms with van der Waals surface area (Å²) in [5.41, 5.74) is -0.497. The molecule has 9 nitrogen and oxygen atoms in total. The van der Waals surface area contributed by atoms with Crippen LogP contribution in [0.1, 0.15) is 42.4 Å². The van der Waals surface area contributed by atoms with Crippen molar-refractivity contribution in [2.75, 3.05) is 33.1 Å². The zero-order chi connectivity index (χ0) is 32.2. The number of amides is 2. The van der Waals surface area contributed by atoms with Gasteiger partial charge in [-0.25, -0.2) is 9.59 Å². The molecule has 1 aliphatic heterocycles. The second kappa shape index (κ2) is 13.0. The topological polar surface area (TPSA) is 124 Å². The van der Waals surface area contributed by atoms with Crippen LogP contribution in [0.3, 0.4) is 0 Å². The number of ether oxygens (including phenoxy) is 2. The third-order valence-corrected chi connectivity index (χ3v) is 7.77. The lowest BCUT2D eigenvalue weighted by Gasteiger charge is -2.45. The van der Waals surface area contributed by atoms with E-state index in [1.165, 1.54) is 17.7 Å². The molecule has 2 aromatic carbocycles. The molecular weight excluding hydrogens is 586 g/mol. The van der Waals surface area contributed by atoms with E-state index < -0.39 is 35.5 Å². The number of likely N-dealkylation sites (tertiary alicyclic amines) is 1. The summed E-state index contributed by atoms with van der Waals surface area (Å²) in [5.74, 6) is -1.41. The Morgan fingerprint density at radius 2 is 1.70 bits per heavy atom. The van der Waals surface area contributed by atoms with Gasteiger partial charge in [-0.3, -0.25) is 0 Å². The molecule has 15 heteroatoms. The third kappa shape index (κ3) is 7.61. The van der Waals surface area contributed by atoms with Gasteiger partial charge in [-0.2, -0.15) is 31.6 Å². The van der Waals surface area contributed by atoms with Crippen molar-refractivity contribution in [3.05, 3.63) is 53.1 Å². The number of hydrogen-bond donors (Lipinski definition) is 3. The highest BCUT2D eigenvalue weighted by Crippen LogP contribution is 2.50. The molecule has 2 fully saturated rings. The summed E-state index contributed by atoms with van der Waals surface area (Å²) in [7, 11) is 5.29. The van der Waals surface area contributed by atoms with E-state index in [0.717, 1.165) is 37.9 Å². The van der Waals surface area contributed by atoms with Crippen LogP contribution in [0.2, 0.25) is 0 Å². The number of urea groups is 1. The maximum absolute atomic E-state index is 13.3. The fourth-order valence-corrected chi connectivity index (χ4v) is 5.70. The van der Waals surface area contributed by atoms with Crippen LogP contribution in [0.25, 0.3) is 0 Å². The van der Waals surface area contributed by atoms with E-state index in [1.807, 2.05) is 12.1 Å². The molecule has 3 atom stereocenters. The van der Waals surface area contributed by atoms with E-state index in [4.69, 9.17) is 24.6 Å². The van der Waals surface area contributed by atoms with Gasteiger partial charge in [0.15, 0.2) is 11.5 Å². The number of fused-ring (bicyclic) bond motifs is 1. The van der Waals surface area contributed by atoms with Gasteiger partial charge in [-0.05, 0) is 75.2 Å². The summed E-state index contributed by atoms with van der Waals surface area (Å²) >= 11 is 0. The van der Waals surface area contributed by atoms with Gasteiger partial charge in [0.1, 0.15) is 0 Å². The summed E-state index contributed by atoms with van der Waals surface area (Å²) in [5, 5.41) is 21.5. The van der Waals surface area contributed by atoms with Crippen LogP contribution in [-0.2, 0) is 16.4 Å². The van der Waals surface area contributed by atoms with Crippen molar-refractivity contribution in [1.82, 2.24) is 10.2 Å². The average Bonchev–Trinajstić information content (AvgIpc) is 3.28. The Morgan fingerprint density at radius 1 is 1.05 bits per heavy atom. The lowest BCUT2D eigenvalue weighted by atomic mass is 9.65. The van der Waals surface area contributed by atoms with Crippen molar-refractivity contribution in [2.45, 2.75) is 55.5 Å². The number of benzene rings is 2. The number of hydrogen-bond acceptors (Lipinski definition) is 6. The molecule has 1 saturated carbocycles. The molecule has 2 aromatic rings. The van der Waals surface area contributed by atoms with Crippen molar-refractivity contribution in [2.24, 2.45) is 0 Å². The predicted molar refractivity (Wildman–Crippen MR) is 142 cm³/mol. The molecular formula is C28H30F6N4O5. The minimum Gasteiger partial charge on any atom is -0.493 e. The Balaban J connectivity index is 0.000000646. The Kier molecular flexibility index (Phi) is 10.1. The highest BCUT2D eigenvalue weighted by molar-refractivity contribution is 5.89. The number of rotatable bonds is 5. The highest BCUT2D eigenvalue weighted by Gasteiger charge is 2.50. The predicted octanol–water partition coefficient (Wildman–Crippen LogP) is 5.54. The Morgan fingerprint density at radius 3 is 2.26 bits per heavy atom. The average molecular weight is 617 g/mol. The molecule has 1 saturated heterocycles. The number of aliphatic carboxylic acids is 1. The summed E-state index contributed by atoms with van der Waals surface area (Å²) in [6, 6.07) is 10.2. The van der Waals surface area contributed by atoms with Gasteiger partial charge in [0.25, 0.3) is 0 Å². The van der Waals surface area contributed by atoms with Crippen LogP contribution in [0.15, 0.2) is 36.4 Å². The van der Waals surface area contributed by atoms with Crippen LogP contribution < -0.4 is 20.1 Å². The summed E-state index contributed by atoms with van der Waals surface area (Å²) in [4.78, 5) is 23.9. The number of carbonyl (C=O) groups excluding carboxylic acids is 1. The molecule has 0 radical (unpaired) electrons. The van der Waals surface area contributed by atoms with Gasteiger partial charge in [0.05, 0.1) is 31.4 Å². The number of anilines is 1. The first kappa shape index (κ1) is 33.3. The minimum atomic E-state index is -5.08. The summed E-state index contributed by atoms with van der Waals surface area (Å²) in [6.07, 6.45) is -6.51. The van der Waals surface area contributed by atoms with Gasteiger partial charge in [0.2, 0.25) is 0 Å². The van der Waals surface area contributed by atoms with Crippen LogP contribution in [0.5, 0.6) is 11.5 Å². The van der Waals surface area contributed by atoms with Crippen LogP contribution in [0, 0.1) is 11.3 Å². The number of carbonyl (C=O) groups is 2. The Bertz CT molecular complexity index is 1380. The van der Waals surface area contributed by atoms with Crippen LogP contribution >= 0.6 is 0 Å². The van der Waals surface area contributed by atoms with Crippen molar-refractivity contribution in [1.29, 1.82) is 5.26 Å². The van der Waals surface area contributed by atoms with E-state index in [2.05, 4.69) is 28.6 Å². The van der Waals surface area contributed by atoms with Crippen LogP contribution in [-0.4, -0.2) is 68.1 Å². The maximum Gasteiger partial charge on any atom is 0.490 e. The van der Waals surface area contributed by atoms with E-state index in [1.54, 1.807) is 14.2 Å². The summed E-state index contributed by atoms with van der Waals surface area (Å²) < 4.78 is 82.4. The fourth-order valence-electron chi connectivity index (χ4n) is 5.70. The molecule has 2 amide bonds. The lowest BCUT2D eigenvalue weighted by Crippen LogP contribution is -2.52. The van der Waals surface area contributed by atoms with Crippen molar-refractivity contribution >= 4 is 17.7 Å². The molecule has 43 heavy (non-hydrogen) atoms. The number of likely N-dealkylation sites (N-methyl/N-ethyl adjacent to an activating group) is 1. The molecule has 1 heterocycles. The Hall–Kier alpha value is -4.19. The molecule has 0 unspecified atom stereocenters. The van der Waals surface area contributed by atoms with Gasteiger partial charge < -0.3 is 30.1 Å². The van der Waals surface area contributed by atoms with E-state index in [-0.39, 0.29) is 23.2 Å². The second-order valence-corrected chi connectivity index (χ2v) is 10.2. The number of nitrogens with zero attached hydrogens (tertiary/aromatic N) is 2. The summed E-state index contributed by atoms with van der Waals surface area (Å²) in [6.45, 7) is 0.920. The van der Waals surface area contributed by atoms with E-state index >= 15 is 0 Å². The number of nitriles is 1. The lowest BCUT2D eigenvalue weighted by molar-refractivity contribution is -0.192. The Labute approximate surface area is 243 Å². The quantitative estimate of drug-likeness (QED) is 0.377. The number of nitrogens with one attached hydrogen (secondary N) is 2. The van der Waals surface area contributed by atoms with Crippen LogP contribution in [0.4, 0.5) is 36.8 Å². The van der Waals surface area contributed by atoms with Crippen molar-refractivity contribution in [3.63, 3.8) is 0 Å². The smallest absolute Gasteiger partial charge is 0.490 e. The zero-order valence-corrected chi connectivity index (χ0v) is 23.4. The molecule has 2 aliphatic rings. The molecule has 4 rings (SSSR count). The molecule has 1 aliphatic carbocycles. The first-order chi connectivity index (χ1) is 20.0. The van der Waals surface area contributed by atoms with E-state index in [0.29, 0.717) is 17.9 Å². The first-order valence-electron chi connectivity index (χ1n) is 13.0. The molecule has 0 spiro atoms. The molecule has 0 bridgehead atoms. The normalized spacial score (nSPS) is 21.9. The fraction of sp³-hybridized carbons (Fsp3) is 0.464.